The van der Waals surface area contributed by atoms with E-state index in [2.05, 4.69) is 15.8 Å². The molecule has 0 atom stereocenters. The number of carbonyl (C=O) groups excluding carboxylic acids is 1. The summed E-state index contributed by atoms with van der Waals surface area (Å²) < 4.78 is 0. The smallest absolute Gasteiger partial charge is 0.269 e. The molecule has 1 amide bonds. The summed E-state index contributed by atoms with van der Waals surface area (Å²) >= 11 is 0. The second-order valence-corrected chi connectivity index (χ2v) is 4.03. The number of carbonyl (C=O) groups is 1. The second kappa shape index (κ2) is 5.60. The monoisotopic (exact) mass is 235 g/mol. The number of hydrazine groups is 2. The van der Waals surface area contributed by atoms with E-state index in [0.717, 1.165) is 25.9 Å². The number of nitrogens with zero attached hydrogens (tertiary/aromatic N) is 2. The summed E-state index contributed by atoms with van der Waals surface area (Å²) in [6.07, 6.45) is 5.06. The van der Waals surface area contributed by atoms with Gasteiger partial charge in [0.2, 0.25) is 0 Å². The zero-order valence-electron chi connectivity index (χ0n) is 9.65. The topological polar surface area (TPSA) is 83.3 Å². The third-order valence-electron chi connectivity index (χ3n) is 2.80. The van der Waals surface area contributed by atoms with Crippen LogP contribution in [0, 0.1) is 0 Å². The lowest BCUT2D eigenvalue weighted by molar-refractivity contribution is 0.0750. The summed E-state index contributed by atoms with van der Waals surface area (Å²) in [4.78, 5) is 16.0. The molecular weight excluding hydrogens is 218 g/mol. The molecule has 2 rings (SSSR count). The molecule has 2 heterocycles. The van der Waals surface area contributed by atoms with Gasteiger partial charge in [-0.2, -0.15) is 0 Å². The van der Waals surface area contributed by atoms with Gasteiger partial charge in [-0.3, -0.25) is 10.2 Å². The number of hydrogen-bond donors (Lipinski definition) is 3. The first-order valence-corrected chi connectivity index (χ1v) is 5.79. The van der Waals surface area contributed by atoms with Crippen molar-refractivity contribution in [1.29, 1.82) is 0 Å². The predicted octanol–water partition coefficient (Wildman–Crippen LogP) is 0.498. The number of amides is 1. The molecule has 6 nitrogen and oxygen atoms in total. The molecular formula is C11H17N5O. The van der Waals surface area contributed by atoms with E-state index in [-0.39, 0.29) is 5.91 Å². The van der Waals surface area contributed by atoms with Gasteiger partial charge in [0.1, 0.15) is 0 Å². The molecule has 0 spiro atoms. The Morgan fingerprint density at radius 2 is 2.12 bits per heavy atom. The van der Waals surface area contributed by atoms with Gasteiger partial charge in [0.15, 0.2) is 5.82 Å². The number of nitrogens with two attached hydrogens (primary N) is 1. The highest BCUT2D eigenvalue weighted by Crippen LogP contribution is 2.11. The third-order valence-corrected chi connectivity index (χ3v) is 2.80. The average molecular weight is 235 g/mol. The predicted molar refractivity (Wildman–Crippen MR) is 64.9 cm³/mol. The molecule has 0 bridgehead atoms. The van der Waals surface area contributed by atoms with Crippen LogP contribution in [-0.4, -0.2) is 29.0 Å². The number of hydrogen-bond acceptors (Lipinski definition) is 5. The van der Waals surface area contributed by atoms with Crippen LogP contribution in [0.4, 0.5) is 5.82 Å². The van der Waals surface area contributed by atoms with Crippen LogP contribution in [-0.2, 0) is 0 Å². The molecule has 1 saturated heterocycles. The van der Waals surface area contributed by atoms with E-state index in [4.69, 9.17) is 5.84 Å². The largest absolute Gasteiger partial charge is 0.308 e. The molecule has 0 radical (unpaired) electrons. The summed E-state index contributed by atoms with van der Waals surface area (Å²) in [7, 11) is 0. The fourth-order valence-corrected chi connectivity index (χ4v) is 1.91. The van der Waals surface area contributed by atoms with Crippen LogP contribution in [0.3, 0.4) is 0 Å². The lowest BCUT2D eigenvalue weighted by Gasteiger charge is -2.26. The summed E-state index contributed by atoms with van der Waals surface area (Å²) in [5.74, 6) is 5.53. The molecule has 0 aliphatic carbocycles. The second-order valence-electron chi connectivity index (χ2n) is 4.03. The van der Waals surface area contributed by atoms with Gasteiger partial charge in [-0.05, 0) is 25.0 Å². The van der Waals surface area contributed by atoms with Gasteiger partial charge >= 0.3 is 0 Å². The van der Waals surface area contributed by atoms with E-state index in [1.807, 2.05) is 5.01 Å². The van der Waals surface area contributed by atoms with Crippen molar-refractivity contribution in [3.63, 3.8) is 0 Å². The van der Waals surface area contributed by atoms with E-state index in [0.29, 0.717) is 11.4 Å². The summed E-state index contributed by atoms with van der Waals surface area (Å²) in [6.45, 7) is 1.80. The van der Waals surface area contributed by atoms with E-state index in [1.165, 1.54) is 6.42 Å². The molecule has 1 aliphatic heterocycles. The zero-order valence-corrected chi connectivity index (χ0v) is 9.65. The van der Waals surface area contributed by atoms with Gasteiger partial charge in [0.25, 0.3) is 5.91 Å². The van der Waals surface area contributed by atoms with Gasteiger partial charge in [-0.1, -0.05) is 6.42 Å². The van der Waals surface area contributed by atoms with Crippen LogP contribution in [0.1, 0.15) is 29.6 Å². The van der Waals surface area contributed by atoms with Crippen molar-refractivity contribution in [2.75, 3.05) is 18.5 Å². The van der Waals surface area contributed by atoms with Crippen molar-refractivity contribution in [2.45, 2.75) is 19.3 Å². The van der Waals surface area contributed by atoms with Crippen LogP contribution in [0.5, 0.6) is 0 Å². The Morgan fingerprint density at radius 3 is 2.82 bits per heavy atom. The van der Waals surface area contributed by atoms with Crippen molar-refractivity contribution in [3.05, 3.63) is 23.9 Å². The minimum atomic E-state index is -0.173. The summed E-state index contributed by atoms with van der Waals surface area (Å²) in [6, 6.07) is 3.41. The van der Waals surface area contributed by atoms with Crippen LogP contribution in [0.25, 0.3) is 0 Å². The Morgan fingerprint density at radius 1 is 1.35 bits per heavy atom. The molecule has 17 heavy (non-hydrogen) atoms. The Bertz CT molecular complexity index is 389. The van der Waals surface area contributed by atoms with E-state index >= 15 is 0 Å². The first kappa shape index (κ1) is 11.8. The van der Waals surface area contributed by atoms with Crippen LogP contribution >= 0.6 is 0 Å². The van der Waals surface area contributed by atoms with Crippen molar-refractivity contribution in [3.8, 4) is 0 Å². The minimum absolute atomic E-state index is 0.173. The van der Waals surface area contributed by atoms with Crippen LogP contribution in [0.15, 0.2) is 18.3 Å². The molecule has 4 N–H and O–H groups in total. The van der Waals surface area contributed by atoms with E-state index in [9.17, 15) is 4.79 Å². The van der Waals surface area contributed by atoms with Gasteiger partial charge in [-0.15, -0.1) is 0 Å². The Balaban J connectivity index is 2.03. The lowest BCUT2D eigenvalue weighted by Crippen LogP contribution is -2.45. The highest BCUT2D eigenvalue weighted by Gasteiger charge is 2.16. The number of pyridine rings is 1. The fraction of sp³-hybridized carbons (Fsp3) is 0.455. The highest BCUT2D eigenvalue weighted by molar-refractivity contribution is 5.98. The van der Waals surface area contributed by atoms with Crippen molar-refractivity contribution < 1.29 is 4.79 Å². The van der Waals surface area contributed by atoms with Gasteiger partial charge < -0.3 is 5.43 Å². The summed E-state index contributed by atoms with van der Waals surface area (Å²) in [5.41, 5.74) is 5.75. The number of aromatic nitrogens is 1. The quantitative estimate of drug-likeness (QED) is 0.525. The molecule has 0 unspecified atom stereocenters. The van der Waals surface area contributed by atoms with Gasteiger partial charge in [-0.25, -0.2) is 15.8 Å². The maximum Gasteiger partial charge on any atom is 0.269 e. The molecule has 6 heteroatoms. The summed E-state index contributed by atoms with van der Waals surface area (Å²) in [5, 5.41) is 1.94. The van der Waals surface area contributed by atoms with Crippen molar-refractivity contribution in [2.24, 2.45) is 5.84 Å². The average Bonchev–Trinajstić information content (AvgIpc) is 2.40. The Kier molecular flexibility index (Phi) is 3.89. The van der Waals surface area contributed by atoms with Gasteiger partial charge in [0, 0.05) is 19.3 Å². The molecule has 0 saturated carbocycles. The molecule has 0 aromatic carbocycles. The van der Waals surface area contributed by atoms with Crippen molar-refractivity contribution >= 4 is 11.7 Å². The fourth-order valence-electron chi connectivity index (χ4n) is 1.91. The standard InChI is InChI=1S/C11H17N5O/c12-14-10-9(5-4-6-13-10)11(17)15-16-7-2-1-3-8-16/h4-6H,1-3,7-8,12H2,(H,13,14)(H,15,17). The first-order chi connectivity index (χ1) is 8.31. The highest BCUT2D eigenvalue weighted by atomic mass is 16.2. The molecule has 1 aromatic rings. The Hall–Kier alpha value is -1.66. The maximum absolute atomic E-state index is 12.0. The van der Waals surface area contributed by atoms with Crippen molar-refractivity contribution in [1.82, 2.24) is 15.4 Å². The SMILES string of the molecule is NNc1ncccc1C(=O)NN1CCCCC1. The third kappa shape index (κ3) is 2.92. The maximum atomic E-state index is 12.0. The van der Waals surface area contributed by atoms with Crippen LogP contribution in [0.2, 0.25) is 0 Å². The number of nitrogens with one attached hydrogen (secondary N) is 2. The number of rotatable bonds is 3. The van der Waals surface area contributed by atoms with E-state index in [1.54, 1.807) is 18.3 Å². The number of nitrogen functional groups attached to an aromatic ring is 1. The molecule has 92 valence electrons. The first-order valence-electron chi connectivity index (χ1n) is 5.79. The lowest BCUT2D eigenvalue weighted by atomic mass is 10.2. The molecule has 1 aromatic heterocycles. The number of anilines is 1. The zero-order chi connectivity index (χ0) is 12.1. The molecule has 1 aliphatic rings. The van der Waals surface area contributed by atoms with Gasteiger partial charge in [0.05, 0.1) is 5.56 Å². The van der Waals surface area contributed by atoms with Crippen LogP contribution < -0.4 is 16.7 Å². The normalized spacial score (nSPS) is 16.5. The minimum Gasteiger partial charge on any atom is -0.308 e. The van der Waals surface area contributed by atoms with E-state index < -0.39 is 0 Å². The number of piperidine rings is 1. The Labute approximate surface area is 100 Å². The molecule has 1 fully saturated rings.